The van der Waals surface area contributed by atoms with Crippen molar-refractivity contribution >= 4 is 40.7 Å². The molecule has 0 bridgehead atoms. The second-order valence-corrected chi connectivity index (χ2v) is 8.34. The molecule has 0 fully saturated rings. The summed E-state index contributed by atoms with van der Waals surface area (Å²) in [6.45, 7) is 6.90. The van der Waals surface area contributed by atoms with Gasteiger partial charge in [0, 0.05) is 41.0 Å². The van der Waals surface area contributed by atoms with Crippen molar-refractivity contribution in [1.82, 2.24) is 10.6 Å². The third-order valence-electron chi connectivity index (χ3n) is 3.03. The van der Waals surface area contributed by atoms with Gasteiger partial charge in [-0.05, 0) is 32.9 Å². The second-order valence-electron chi connectivity index (χ2n) is 6.01. The molecule has 144 valence electrons. The molecule has 1 atom stereocenters. The van der Waals surface area contributed by atoms with E-state index in [1.807, 2.05) is 20.8 Å². The van der Waals surface area contributed by atoms with Gasteiger partial charge in [-0.2, -0.15) is 0 Å². The van der Waals surface area contributed by atoms with Gasteiger partial charge in [0.15, 0.2) is 17.5 Å². The van der Waals surface area contributed by atoms with E-state index in [0.717, 1.165) is 12.1 Å². The van der Waals surface area contributed by atoms with Crippen LogP contribution in [0, 0.1) is 11.6 Å². The minimum atomic E-state index is -0.935. The molecule has 1 unspecified atom stereocenters. The number of guanidine groups is 1. The van der Waals surface area contributed by atoms with E-state index in [-0.39, 0.29) is 41.1 Å². The fourth-order valence-corrected chi connectivity index (χ4v) is 2.61. The van der Waals surface area contributed by atoms with Crippen LogP contribution in [0.15, 0.2) is 23.2 Å². The Hall–Kier alpha value is -0.970. The van der Waals surface area contributed by atoms with Crippen molar-refractivity contribution in [2.75, 3.05) is 32.5 Å². The molecule has 9 heteroatoms. The van der Waals surface area contributed by atoms with Gasteiger partial charge in [0.25, 0.3) is 0 Å². The smallest absolute Gasteiger partial charge is 0.191 e. The Bertz CT molecular complexity index is 595. The van der Waals surface area contributed by atoms with Crippen molar-refractivity contribution in [3.63, 3.8) is 0 Å². The molecule has 0 aliphatic rings. The minimum Gasteiger partial charge on any atom is -0.489 e. The topological polar surface area (TPSA) is 62.7 Å². The molecule has 1 aromatic rings. The highest BCUT2D eigenvalue weighted by atomic mass is 127. The van der Waals surface area contributed by atoms with E-state index in [9.17, 15) is 13.0 Å². The zero-order valence-corrected chi connectivity index (χ0v) is 18.0. The molecule has 0 amide bonds. The van der Waals surface area contributed by atoms with Gasteiger partial charge in [-0.3, -0.25) is 9.20 Å². The first-order chi connectivity index (χ1) is 11.2. The Morgan fingerprint density at radius 3 is 2.44 bits per heavy atom. The van der Waals surface area contributed by atoms with E-state index in [0.29, 0.717) is 24.8 Å². The molecular weight excluding hydrogens is 463 g/mol. The summed E-state index contributed by atoms with van der Waals surface area (Å²) >= 11 is 0. The molecule has 0 radical (unpaired) electrons. The number of nitrogens with one attached hydrogen (secondary N) is 2. The van der Waals surface area contributed by atoms with Crippen LogP contribution in [0.25, 0.3) is 0 Å². The molecule has 25 heavy (non-hydrogen) atoms. The average molecular weight is 489 g/mol. The van der Waals surface area contributed by atoms with Crippen LogP contribution in [0.4, 0.5) is 8.78 Å². The second kappa shape index (κ2) is 11.6. The van der Waals surface area contributed by atoms with Crippen molar-refractivity contribution in [2.24, 2.45) is 4.99 Å². The summed E-state index contributed by atoms with van der Waals surface area (Å²) in [6.07, 6.45) is 0. The molecule has 0 spiro atoms. The predicted molar refractivity (Wildman–Crippen MR) is 109 cm³/mol. The number of rotatable bonds is 7. The Labute approximate surface area is 167 Å². The minimum absolute atomic E-state index is 0. The van der Waals surface area contributed by atoms with Gasteiger partial charge in [0.2, 0.25) is 0 Å². The van der Waals surface area contributed by atoms with Gasteiger partial charge in [0.1, 0.15) is 12.4 Å². The lowest BCUT2D eigenvalue weighted by Gasteiger charge is -2.18. The van der Waals surface area contributed by atoms with Crippen LogP contribution in [0.3, 0.4) is 0 Å². The van der Waals surface area contributed by atoms with Crippen molar-refractivity contribution in [1.29, 1.82) is 0 Å². The fourth-order valence-electron chi connectivity index (χ4n) is 1.71. The number of hydrogen-bond acceptors (Lipinski definition) is 3. The van der Waals surface area contributed by atoms with Crippen molar-refractivity contribution < 1.29 is 17.7 Å². The van der Waals surface area contributed by atoms with Crippen molar-refractivity contribution in [2.45, 2.75) is 25.5 Å². The normalized spacial score (nSPS) is 13.0. The van der Waals surface area contributed by atoms with Gasteiger partial charge in [-0.15, -0.1) is 24.0 Å². The van der Waals surface area contributed by atoms with Gasteiger partial charge >= 0.3 is 0 Å². The summed E-state index contributed by atoms with van der Waals surface area (Å²) < 4.78 is 43.1. The zero-order valence-electron chi connectivity index (χ0n) is 14.9. The molecule has 1 aromatic carbocycles. The van der Waals surface area contributed by atoms with E-state index >= 15 is 0 Å². The highest BCUT2D eigenvalue weighted by molar-refractivity contribution is 14.0. The molecule has 2 N–H and O–H groups in total. The third-order valence-corrected chi connectivity index (χ3v) is 4.97. The van der Waals surface area contributed by atoms with E-state index in [2.05, 4.69) is 15.6 Å². The molecule has 0 heterocycles. The largest absolute Gasteiger partial charge is 0.489 e. The van der Waals surface area contributed by atoms with E-state index < -0.39 is 22.4 Å². The van der Waals surface area contributed by atoms with Crippen LogP contribution in [0.5, 0.6) is 5.75 Å². The SMILES string of the molecule is CN=C(NCCOc1ccc(F)cc1F)NCCS(=O)C(C)(C)C.I. The molecule has 0 aliphatic carbocycles. The summed E-state index contributed by atoms with van der Waals surface area (Å²) in [6, 6.07) is 3.17. The van der Waals surface area contributed by atoms with Crippen LogP contribution in [0.2, 0.25) is 0 Å². The van der Waals surface area contributed by atoms with Crippen molar-refractivity contribution in [3.05, 3.63) is 29.8 Å². The summed E-state index contributed by atoms with van der Waals surface area (Å²) in [5, 5.41) is 6.06. The van der Waals surface area contributed by atoms with E-state index in [1.54, 1.807) is 7.05 Å². The standard InChI is InChI=1S/C16H25F2N3O2S.HI/c1-16(2,3)24(22)10-8-21-15(19-4)20-7-9-23-14-6-5-12(17)11-13(14)18;/h5-6,11H,7-10H2,1-4H3,(H2,19,20,21);1H. The zero-order chi connectivity index (χ0) is 18.2. The Morgan fingerprint density at radius 1 is 1.24 bits per heavy atom. The lowest BCUT2D eigenvalue weighted by atomic mass is 10.3. The molecule has 5 nitrogen and oxygen atoms in total. The lowest BCUT2D eigenvalue weighted by Crippen LogP contribution is -2.41. The summed E-state index contributed by atoms with van der Waals surface area (Å²) in [4.78, 5) is 4.04. The number of aliphatic imine (C=N–C) groups is 1. The number of ether oxygens (including phenoxy) is 1. The predicted octanol–water partition coefficient (Wildman–Crippen LogP) is 2.67. The first-order valence-electron chi connectivity index (χ1n) is 7.65. The maximum absolute atomic E-state index is 13.4. The van der Waals surface area contributed by atoms with Crippen LogP contribution in [-0.4, -0.2) is 47.4 Å². The number of benzene rings is 1. The Morgan fingerprint density at radius 2 is 1.88 bits per heavy atom. The van der Waals surface area contributed by atoms with Gasteiger partial charge in [-0.1, -0.05) is 0 Å². The Balaban J connectivity index is 0.00000576. The average Bonchev–Trinajstić information content (AvgIpc) is 2.50. The fraction of sp³-hybridized carbons (Fsp3) is 0.562. The number of halogens is 3. The van der Waals surface area contributed by atoms with Crippen LogP contribution in [0.1, 0.15) is 20.8 Å². The first kappa shape index (κ1) is 24.0. The summed E-state index contributed by atoms with van der Waals surface area (Å²) in [5.41, 5.74) is 0. The van der Waals surface area contributed by atoms with Crippen LogP contribution in [-0.2, 0) is 10.8 Å². The third kappa shape index (κ3) is 9.34. The van der Waals surface area contributed by atoms with E-state index in [1.165, 1.54) is 6.07 Å². The Kier molecular flexibility index (Phi) is 11.2. The summed E-state index contributed by atoms with van der Waals surface area (Å²) in [7, 11) is 0.687. The number of hydrogen-bond donors (Lipinski definition) is 2. The highest BCUT2D eigenvalue weighted by Crippen LogP contribution is 2.17. The first-order valence-corrected chi connectivity index (χ1v) is 8.97. The van der Waals surface area contributed by atoms with Gasteiger partial charge in [0.05, 0.1) is 6.54 Å². The van der Waals surface area contributed by atoms with Crippen LogP contribution < -0.4 is 15.4 Å². The molecule has 0 saturated heterocycles. The molecular formula is C16H26F2IN3O2S. The maximum Gasteiger partial charge on any atom is 0.191 e. The molecule has 0 saturated carbocycles. The van der Waals surface area contributed by atoms with Crippen molar-refractivity contribution in [3.8, 4) is 5.75 Å². The van der Waals surface area contributed by atoms with Crippen LogP contribution >= 0.6 is 24.0 Å². The monoisotopic (exact) mass is 489 g/mol. The highest BCUT2D eigenvalue weighted by Gasteiger charge is 2.18. The summed E-state index contributed by atoms with van der Waals surface area (Å²) in [5.74, 6) is -0.315. The van der Waals surface area contributed by atoms with E-state index in [4.69, 9.17) is 4.74 Å². The number of nitrogens with zero attached hydrogens (tertiary/aromatic N) is 1. The lowest BCUT2D eigenvalue weighted by molar-refractivity contribution is 0.304. The van der Waals surface area contributed by atoms with Gasteiger partial charge in [-0.25, -0.2) is 8.78 Å². The molecule has 1 rings (SSSR count). The molecule has 0 aromatic heterocycles. The van der Waals surface area contributed by atoms with Gasteiger partial charge < -0.3 is 15.4 Å². The molecule has 0 aliphatic heterocycles. The maximum atomic E-state index is 13.4. The quantitative estimate of drug-likeness (QED) is 0.268.